The van der Waals surface area contributed by atoms with Gasteiger partial charge in [-0.2, -0.15) is 0 Å². The second-order valence-electron chi connectivity index (χ2n) is 13.0. The van der Waals surface area contributed by atoms with Crippen molar-refractivity contribution >= 4 is 0 Å². The molecule has 1 rings (SSSR count). The van der Waals surface area contributed by atoms with Gasteiger partial charge in [-0.25, -0.2) is 0 Å². The van der Waals surface area contributed by atoms with Crippen LogP contribution in [0.5, 0.6) is 17.2 Å². The number of ether oxygens (including phenoxy) is 1. The van der Waals surface area contributed by atoms with Crippen molar-refractivity contribution in [2.75, 3.05) is 6.61 Å². The first-order valence-corrected chi connectivity index (χ1v) is 18.8. The summed E-state index contributed by atoms with van der Waals surface area (Å²) in [7, 11) is 0. The Hall–Kier alpha value is -1.38. The minimum atomic E-state index is 0.00435. The predicted molar refractivity (Wildman–Crippen MR) is 184 cm³/mol. The molecular weight excluding hydrogens is 516 g/mol. The molecule has 0 amide bonds. The average Bonchev–Trinajstić information content (AvgIpc) is 2.99. The summed E-state index contributed by atoms with van der Waals surface area (Å²) in [5.74, 6) is 0.701. The summed E-state index contributed by atoms with van der Waals surface area (Å²) in [5, 5.41) is 22.7. The zero-order valence-electron chi connectivity index (χ0n) is 28.8. The Morgan fingerprint density at radius 1 is 0.357 bits per heavy atom. The molecule has 0 aliphatic heterocycles. The van der Waals surface area contributed by atoms with Gasteiger partial charge in [0.25, 0.3) is 0 Å². The maximum Gasteiger partial charge on any atom is 0.201 e. The number of hydrogen-bond donors (Lipinski definition) is 2. The van der Waals surface area contributed by atoms with E-state index in [9.17, 15) is 10.2 Å². The third kappa shape index (κ3) is 17.0. The second-order valence-corrected chi connectivity index (χ2v) is 13.0. The number of benzene rings is 1. The number of hydrogen-bond acceptors (Lipinski definition) is 3. The Kier molecular flexibility index (Phi) is 25.0. The Bertz CT molecular complexity index is 757. The van der Waals surface area contributed by atoms with Gasteiger partial charge in [-0.1, -0.05) is 163 Å². The quantitative estimate of drug-likeness (QED) is 0.0694. The third-order valence-electron chi connectivity index (χ3n) is 9.06. The number of rotatable bonds is 30. The minimum absolute atomic E-state index is 0.00435. The first kappa shape index (κ1) is 38.6. The summed E-state index contributed by atoms with van der Waals surface area (Å²) >= 11 is 0. The van der Waals surface area contributed by atoms with Crippen LogP contribution in [0.2, 0.25) is 0 Å². The smallest absolute Gasteiger partial charge is 0.201 e. The van der Waals surface area contributed by atoms with Gasteiger partial charge in [0.2, 0.25) is 5.75 Å². The molecule has 1 aromatic rings. The molecular formula is C39H72O3. The van der Waals surface area contributed by atoms with Crippen molar-refractivity contribution in [1.29, 1.82) is 0 Å². The van der Waals surface area contributed by atoms with Crippen LogP contribution in [0.3, 0.4) is 0 Å². The van der Waals surface area contributed by atoms with Crippen LogP contribution < -0.4 is 4.74 Å². The molecule has 0 heterocycles. The van der Waals surface area contributed by atoms with E-state index < -0.39 is 0 Å². The normalized spacial score (nSPS) is 11.4. The Labute approximate surface area is 262 Å². The molecule has 0 aliphatic rings. The van der Waals surface area contributed by atoms with Crippen LogP contribution in [0.4, 0.5) is 0 Å². The SMILES string of the molecule is CCCCCCCCCc1c(O)c(O)c(OCCCCCC)c(CCCCCCCCC)c1CCCCCCCCC. The highest BCUT2D eigenvalue weighted by atomic mass is 16.5. The molecule has 0 saturated carbocycles. The number of phenolic OH excluding ortho intramolecular Hbond substituents is 2. The first-order chi connectivity index (χ1) is 20.6. The van der Waals surface area contributed by atoms with Gasteiger partial charge in [0.1, 0.15) is 0 Å². The molecule has 0 saturated heterocycles. The molecule has 1 aromatic carbocycles. The molecule has 0 radical (unpaired) electrons. The lowest BCUT2D eigenvalue weighted by Crippen LogP contribution is -2.08. The van der Waals surface area contributed by atoms with Gasteiger partial charge in [0.15, 0.2) is 11.5 Å². The lowest BCUT2D eigenvalue weighted by molar-refractivity contribution is 0.279. The standard InChI is InChI=1S/C39H72O3/c1-5-9-13-17-20-23-26-30-34-35(31-27-24-21-18-14-10-6-2)37(40)38(41)39(42-33-29-16-12-8-4)36(34)32-28-25-22-19-15-11-7-3/h40-41H,5-33H2,1-4H3. The van der Waals surface area contributed by atoms with Crippen molar-refractivity contribution in [1.82, 2.24) is 0 Å². The third-order valence-corrected chi connectivity index (χ3v) is 9.06. The molecule has 2 N–H and O–H groups in total. The molecule has 0 unspecified atom stereocenters. The summed E-state index contributed by atoms with van der Waals surface area (Å²) in [5.41, 5.74) is 3.53. The van der Waals surface area contributed by atoms with Crippen molar-refractivity contribution in [2.45, 2.75) is 207 Å². The van der Waals surface area contributed by atoms with Crippen molar-refractivity contribution in [3.8, 4) is 17.2 Å². The van der Waals surface area contributed by atoms with E-state index in [4.69, 9.17) is 4.74 Å². The van der Waals surface area contributed by atoms with Crippen molar-refractivity contribution in [3.05, 3.63) is 16.7 Å². The fourth-order valence-corrected chi connectivity index (χ4v) is 6.33. The van der Waals surface area contributed by atoms with Gasteiger partial charge in [-0.3, -0.25) is 0 Å². The molecule has 0 aromatic heterocycles. The van der Waals surface area contributed by atoms with Gasteiger partial charge >= 0.3 is 0 Å². The lowest BCUT2D eigenvalue weighted by atomic mass is 9.88. The monoisotopic (exact) mass is 589 g/mol. The van der Waals surface area contributed by atoms with Gasteiger partial charge in [-0.15, -0.1) is 0 Å². The molecule has 0 aliphatic carbocycles. The van der Waals surface area contributed by atoms with E-state index in [1.165, 1.54) is 140 Å². The zero-order chi connectivity index (χ0) is 30.7. The highest BCUT2D eigenvalue weighted by molar-refractivity contribution is 5.62. The number of phenols is 2. The van der Waals surface area contributed by atoms with Crippen LogP contribution in [0.15, 0.2) is 0 Å². The molecule has 3 heteroatoms. The Morgan fingerprint density at radius 3 is 1.12 bits per heavy atom. The molecule has 3 nitrogen and oxygen atoms in total. The highest BCUT2D eigenvalue weighted by Crippen LogP contribution is 2.46. The van der Waals surface area contributed by atoms with Crippen LogP contribution in [0, 0.1) is 0 Å². The topological polar surface area (TPSA) is 49.7 Å². The van der Waals surface area contributed by atoms with E-state index in [1.54, 1.807) is 0 Å². The molecule has 0 spiro atoms. The lowest BCUT2D eigenvalue weighted by Gasteiger charge is -2.23. The molecule has 42 heavy (non-hydrogen) atoms. The zero-order valence-corrected chi connectivity index (χ0v) is 28.8. The number of aromatic hydroxyl groups is 2. The number of unbranched alkanes of at least 4 members (excludes halogenated alkanes) is 21. The summed E-state index contributed by atoms with van der Waals surface area (Å²) in [6.07, 6.45) is 34.1. The summed E-state index contributed by atoms with van der Waals surface area (Å²) in [6.45, 7) is 9.67. The van der Waals surface area contributed by atoms with Crippen LogP contribution in [-0.4, -0.2) is 16.8 Å². The highest BCUT2D eigenvalue weighted by Gasteiger charge is 2.24. The van der Waals surface area contributed by atoms with Gasteiger partial charge < -0.3 is 14.9 Å². The molecule has 0 bridgehead atoms. The van der Waals surface area contributed by atoms with Gasteiger partial charge in [0, 0.05) is 11.1 Å². The van der Waals surface area contributed by atoms with Crippen LogP contribution in [-0.2, 0) is 19.3 Å². The Morgan fingerprint density at radius 2 is 0.690 bits per heavy atom. The van der Waals surface area contributed by atoms with Crippen molar-refractivity contribution in [2.24, 2.45) is 0 Å². The second kappa shape index (κ2) is 27.2. The predicted octanol–water partition coefficient (Wildman–Crippen LogP) is 12.9. The van der Waals surface area contributed by atoms with E-state index in [-0.39, 0.29) is 11.5 Å². The van der Waals surface area contributed by atoms with Gasteiger partial charge in [0.05, 0.1) is 6.61 Å². The van der Waals surface area contributed by atoms with E-state index >= 15 is 0 Å². The van der Waals surface area contributed by atoms with Gasteiger partial charge in [-0.05, 0) is 50.5 Å². The molecule has 246 valence electrons. The van der Waals surface area contributed by atoms with E-state index in [1.807, 2.05) is 0 Å². The molecule has 0 atom stereocenters. The minimum Gasteiger partial charge on any atom is -0.504 e. The van der Waals surface area contributed by atoms with E-state index in [0.717, 1.165) is 56.9 Å². The average molecular weight is 589 g/mol. The van der Waals surface area contributed by atoms with Crippen LogP contribution >= 0.6 is 0 Å². The summed E-state index contributed by atoms with van der Waals surface area (Å²) in [6, 6.07) is 0. The summed E-state index contributed by atoms with van der Waals surface area (Å²) < 4.78 is 6.34. The summed E-state index contributed by atoms with van der Waals surface area (Å²) in [4.78, 5) is 0. The Balaban J connectivity index is 3.11. The largest absolute Gasteiger partial charge is 0.504 e. The first-order valence-electron chi connectivity index (χ1n) is 18.8. The maximum absolute atomic E-state index is 11.4. The fraction of sp³-hybridized carbons (Fsp3) is 0.846. The maximum atomic E-state index is 11.4. The van der Waals surface area contributed by atoms with Crippen molar-refractivity contribution < 1.29 is 14.9 Å². The molecule has 0 fully saturated rings. The van der Waals surface area contributed by atoms with E-state index in [2.05, 4.69) is 27.7 Å². The van der Waals surface area contributed by atoms with Crippen LogP contribution in [0.1, 0.15) is 205 Å². The van der Waals surface area contributed by atoms with E-state index in [0.29, 0.717) is 12.4 Å². The van der Waals surface area contributed by atoms with Crippen molar-refractivity contribution in [3.63, 3.8) is 0 Å². The van der Waals surface area contributed by atoms with Crippen LogP contribution in [0.25, 0.3) is 0 Å². The fourth-order valence-electron chi connectivity index (χ4n) is 6.33.